The van der Waals surface area contributed by atoms with Gasteiger partial charge in [-0.15, -0.1) is 5.10 Å². The van der Waals surface area contributed by atoms with Crippen LogP contribution in [-0.2, 0) is 20.8 Å². The van der Waals surface area contributed by atoms with E-state index < -0.39 is 0 Å². The minimum Gasteiger partial charge on any atom is -0.378 e. The summed E-state index contributed by atoms with van der Waals surface area (Å²) in [6.07, 6.45) is 0. The number of fused-ring (bicyclic) bond motifs is 1. The van der Waals surface area contributed by atoms with E-state index in [2.05, 4.69) is 37.6 Å². The predicted molar refractivity (Wildman–Crippen MR) is 119 cm³/mol. The summed E-state index contributed by atoms with van der Waals surface area (Å²) >= 11 is 0. The molecule has 9 nitrogen and oxygen atoms in total. The Morgan fingerprint density at radius 3 is 2.42 bits per heavy atom. The third-order valence-corrected chi connectivity index (χ3v) is 5.70. The summed E-state index contributed by atoms with van der Waals surface area (Å²) in [5.74, 6) is -0.135. The number of nitrogens with zero attached hydrogens (tertiary/aromatic N) is 5. The topological polar surface area (TPSA) is 84.8 Å². The normalized spacial score (nSPS) is 17.2. The van der Waals surface area contributed by atoms with Gasteiger partial charge >= 0.3 is 0 Å². The summed E-state index contributed by atoms with van der Waals surface area (Å²) < 4.78 is 12.6. The fourth-order valence-electron chi connectivity index (χ4n) is 4.07. The molecule has 162 valence electrons. The van der Waals surface area contributed by atoms with Gasteiger partial charge in [-0.2, -0.15) is 0 Å². The number of anilines is 3. The van der Waals surface area contributed by atoms with E-state index in [1.54, 1.807) is 4.68 Å². The quantitative estimate of drug-likeness (QED) is 0.670. The maximum absolute atomic E-state index is 12.9. The first-order valence-electron chi connectivity index (χ1n) is 10.7. The van der Waals surface area contributed by atoms with E-state index in [1.165, 1.54) is 0 Å². The zero-order valence-corrected chi connectivity index (χ0v) is 17.4. The molecule has 0 radical (unpaired) electrons. The van der Waals surface area contributed by atoms with Crippen molar-refractivity contribution >= 4 is 34.0 Å². The highest BCUT2D eigenvalue weighted by Gasteiger charge is 2.20. The molecule has 1 amide bonds. The molecular formula is C22H26N6O3. The average molecular weight is 422 g/mol. The van der Waals surface area contributed by atoms with E-state index in [0.717, 1.165) is 67.5 Å². The third kappa shape index (κ3) is 4.33. The molecule has 1 aromatic heterocycles. The zero-order valence-electron chi connectivity index (χ0n) is 17.4. The van der Waals surface area contributed by atoms with Gasteiger partial charge in [-0.1, -0.05) is 17.3 Å². The van der Waals surface area contributed by atoms with Crippen molar-refractivity contribution in [3.05, 3.63) is 42.5 Å². The number of morpholine rings is 2. The van der Waals surface area contributed by atoms with Gasteiger partial charge in [0.05, 0.1) is 43.3 Å². The van der Waals surface area contributed by atoms with Gasteiger partial charge in [-0.25, -0.2) is 4.68 Å². The summed E-state index contributed by atoms with van der Waals surface area (Å²) in [6, 6.07) is 13.9. The van der Waals surface area contributed by atoms with Crippen molar-refractivity contribution in [1.29, 1.82) is 0 Å². The van der Waals surface area contributed by atoms with Crippen LogP contribution in [0.4, 0.5) is 17.1 Å². The number of benzene rings is 2. The Hall–Kier alpha value is -3.17. The van der Waals surface area contributed by atoms with Crippen LogP contribution in [0.15, 0.2) is 42.5 Å². The molecular weight excluding hydrogens is 396 g/mol. The minimum atomic E-state index is -0.135. The molecule has 1 N–H and O–H groups in total. The van der Waals surface area contributed by atoms with Crippen LogP contribution in [0.2, 0.25) is 0 Å². The highest BCUT2D eigenvalue weighted by molar-refractivity contribution is 5.95. The van der Waals surface area contributed by atoms with Gasteiger partial charge in [-0.3, -0.25) is 4.79 Å². The summed E-state index contributed by atoms with van der Waals surface area (Å²) in [6.45, 7) is 6.26. The van der Waals surface area contributed by atoms with Crippen LogP contribution >= 0.6 is 0 Å². The van der Waals surface area contributed by atoms with Crippen LogP contribution in [0.3, 0.4) is 0 Å². The molecule has 3 aromatic rings. The van der Waals surface area contributed by atoms with Crippen molar-refractivity contribution in [3.63, 3.8) is 0 Å². The number of ether oxygens (including phenoxy) is 2. The Morgan fingerprint density at radius 1 is 0.935 bits per heavy atom. The summed E-state index contributed by atoms with van der Waals surface area (Å²) in [7, 11) is 0. The number of aromatic nitrogens is 3. The summed E-state index contributed by atoms with van der Waals surface area (Å²) in [5, 5.41) is 11.3. The maximum atomic E-state index is 12.9. The smallest absolute Gasteiger partial charge is 0.246 e. The Kier molecular flexibility index (Phi) is 5.68. The Bertz CT molecular complexity index is 1060. The van der Waals surface area contributed by atoms with E-state index in [9.17, 15) is 4.79 Å². The second-order valence-electron chi connectivity index (χ2n) is 7.68. The first kappa shape index (κ1) is 19.8. The van der Waals surface area contributed by atoms with Crippen LogP contribution in [0.5, 0.6) is 0 Å². The van der Waals surface area contributed by atoms with E-state index in [-0.39, 0.29) is 12.5 Å². The number of para-hydroxylation sites is 1. The lowest BCUT2D eigenvalue weighted by atomic mass is 10.1. The molecule has 0 unspecified atom stereocenters. The van der Waals surface area contributed by atoms with Gasteiger partial charge in [0, 0.05) is 31.9 Å². The summed E-state index contributed by atoms with van der Waals surface area (Å²) in [5.41, 5.74) is 4.58. The van der Waals surface area contributed by atoms with Gasteiger partial charge in [-0.05, 0) is 30.3 Å². The largest absolute Gasteiger partial charge is 0.378 e. The molecule has 0 atom stereocenters. The molecule has 2 aliphatic rings. The molecule has 5 rings (SSSR count). The Labute approximate surface area is 180 Å². The first-order valence-corrected chi connectivity index (χ1v) is 10.7. The van der Waals surface area contributed by atoms with Gasteiger partial charge in [0.25, 0.3) is 0 Å². The second kappa shape index (κ2) is 8.91. The highest BCUT2D eigenvalue weighted by atomic mass is 16.5. The number of amides is 1. The first-order chi connectivity index (χ1) is 15.3. The van der Waals surface area contributed by atoms with Crippen molar-refractivity contribution < 1.29 is 14.3 Å². The van der Waals surface area contributed by atoms with E-state index in [0.29, 0.717) is 13.2 Å². The van der Waals surface area contributed by atoms with Gasteiger partial charge in [0.15, 0.2) is 0 Å². The lowest BCUT2D eigenvalue weighted by Crippen LogP contribution is -2.38. The Morgan fingerprint density at radius 2 is 1.65 bits per heavy atom. The number of nitrogens with one attached hydrogen (secondary N) is 1. The lowest BCUT2D eigenvalue weighted by molar-refractivity contribution is -0.116. The van der Waals surface area contributed by atoms with Gasteiger partial charge < -0.3 is 24.6 Å². The number of carbonyl (C=O) groups excluding carboxylic acids is 1. The number of carbonyl (C=O) groups is 1. The molecule has 0 spiro atoms. The van der Waals surface area contributed by atoms with Crippen LogP contribution in [0.1, 0.15) is 0 Å². The van der Waals surface area contributed by atoms with Crippen molar-refractivity contribution in [1.82, 2.24) is 15.0 Å². The molecule has 2 fully saturated rings. The molecule has 2 aliphatic heterocycles. The molecule has 0 bridgehead atoms. The SMILES string of the molecule is O=C(Cn1nnc2ccccc21)Nc1ccc(N2CCOCC2)cc1N1CCOCC1. The molecule has 0 saturated carbocycles. The van der Waals surface area contributed by atoms with Crippen molar-refractivity contribution in [2.45, 2.75) is 6.54 Å². The third-order valence-electron chi connectivity index (χ3n) is 5.70. The molecule has 31 heavy (non-hydrogen) atoms. The monoisotopic (exact) mass is 422 g/mol. The average Bonchev–Trinajstić information content (AvgIpc) is 3.23. The minimum absolute atomic E-state index is 0.105. The molecule has 2 aromatic carbocycles. The molecule has 2 saturated heterocycles. The van der Waals surface area contributed by atoms with Crippen LogP contribution in [-0.4, -0.2) is 73.5 Å². The van der Waals surface area contributed by atoms with Gasteiger partial charge in [0.2, 0.25) is 5.91 Å². The molecule has 3 heterocycles. The van der Waals surface area contributed by atoms with E-state index in [4.69, 9.17) is 9.47 Å². The standard InChI is InChI=1S/C22H26N6O3/c29-22(16-28-20-4-2-1-3-19(20)24-25-28)23-18-6-5-17(26-7-11-30-12-8-26)15-21(18)27-9-13-31-14-10-27/h1-6,15H,7-14,16H2,(H,23,29). The number of hydrogen-bond donors (Lipinski definition) is 1. The van der Waals surface area contributed by atoms with Crippen molar-refractivity contribution in [2.75, 3.05) is 67.7 Å². The van der Waals surface area contributed by atoms with Gasteiger partial charge in [0.1, 0.15) is 12.1 Å². The van der Waals surface area contributed by atoms with Crippen molar-refractivity contribution in [2.24, 2.45) is 0 Å². The fourth-order valence-corrected chi connectivity index (χ4v) is 4.07. The van der Waals surface area contributed by atoms with Crippen LogP contribution in [0.25, 0.3) is 11.0 Å². The molecule has 9 heteroatoms. The zero-order chi connectivity index (χ0) is 21.0. The number of hydrogen-bond acceptors (Lipinski definition) is 7. The van der Waals surface area contributed by atoms with Crippen LogP contribution in [0, 0.1) is 0 Å². The van der Waals surface area contributed by atoms with Crippen molar-refractivity contribution in [3.8, 4) is 0 Å². The predicted octanol–water partition coefficient (Wildman–Crippen LogP) is 1.74. The maximum Gasteiger partial charge on any atom is 0.246 e. The summed E-state index contributed by atoms with van der Waals surface area (Å²) in [4.78, 5) is 17.5. The van der Waals surface area contributed by atoms with E-state index in [1.807, 2.05) is 30.3 Å². The number of rotatable bonds is 5. The lowest BCUT2D eigenvalue weighted by Gasteiger charge is -2.33. The second-order valence-corrected chi connectivity index (χ2v) is 7.68. The van der Waals surface area contributed by atoms with Crippen LogP contribution < -0.4 is 15.1 Å². The fraction of sp³-hybridized carbons (Fsp3) is 0.409. The van der Waals surface area contributed by atoms with E-state index >= 15 is 0 Å². The molecule has 0 aliphatic carbocycles. The highest BCUT2D eigenvalue weighted by Crippen LogP contribution is 2.32. The Balaban J connectivity index is 1.38.